The normalized spacial score (nSPS) is 10.7. The molecule has 3 rings (SSSR count). The molecule has 0 bridgehead atoms. The highest BCUT2D eigenvalue weighted by Gasteiger charge is 2.15. The van der Waals surface area contributed by atoms with Crippen LogP contribution >= 0.6 is 0 Å². The third kappa shape index (κ3) is 3.08. The van der Waals surface area contributed by atoms with E-state index >= 15 is 0 Å². The number of nitrogens with zero attached hydrogens (tertiary/aromatic N) is 2. The van der Waals surface area contributed by atoms with Crippen LogP contribution < -0.4 is 5.32 Å². The molecule has 0 atom stereocenters. The third-order valence-corrected chi connectivity index (χ3v) is 4.27. The van der Waals surface area contributed by atoms with E-state index in [4.69, 9.17) is 0 Å². The number of carbonyl (C=O) groups excluding carboxylic acids is 1. The zero-order valence-electron chi connectivity index (χ0n) is 14.4. The first-order chi connectivity index (χ1) is 11.5. The van der Waals surface area contributed by atoms with E-state index < -0.39 is 0 Å². The van der Waals surface area contributed by atoms with E-state index in [1.54, 1.807) is 10.9 Å². The molecule has 1 aromatic heterocycles. The van der Waals surface area contributed by atoms with Gasteiger partial charge in [-0.15, -0.1) is 0 Å². The van der Waals surface area contributed by atoms with Crippen molar-refractivity contribution in [3.05, 3.63) is 76.6 Å². The maximum Gasteiger partial charge on any atom is 0.259 e. The Morgan fingerprint density at radius 2 is 1.79 bits per heavy atom. The second-order valence-electron chi connectivity index (χ2n) is 6.15. The first kappa shape index (κ1) is 16.0. The molecular weight excluding hydrogens is 298 g/mol. The van der Waals surface area contributed by atoms with Gasteiger partial charge in [0.05, 0.1) is 23.1 Å². The van der Waals surface area contributed by atoms with E-state index in [0.29, 0.717) is 5.56 Å². The summed E-state index contributed by atoms with van der Waals surface area (Å²) in [5.74, 6) is -0.144. The van der Waals surface area contributed by atoms with Crippen molar-refractivity contribution in [1.82, 2.24) is 9.78 Å². The molecule has 0 saturated carbocycles. The standard InChI is InChI=1S/C20H21N3O/c1-13-6-5-7-18(10-13)23-16(4)19(12-21-23)20(24)22-17-9-8-14(2)15(3)11-17/h5-12H,1-4H3,(H,22,24). The summed E-state index contributed by atoms with van der Waals surface area (Å²) < 4.78 is 1.79. The molecule has 1 heterocycles. The van der Waals surface area contributed by atoms with E-state index in [0.717, 1.165) is 28.2 Å². The minimum Gasteiger partial charge on any atom is -0.322 e. The second-order valence-corrected chi connectivity index (χ2v) is 6.15. The van der Waals surface area contributed by atoms with Crippen molar-refractivity contribution in [2.24, 2.45) is 0 Å². The van der Waals surface area contributed by atoms with Gasteiger partial charge in [-0.1, -0.05) is 18.2 Å². The van der Waals surface area contributed by atoms with Gasteiger partial charge in [-0.05, 0) is 68.7 Å². The molecule has 0 aliphatic heterocycles. The number of hydrogen-bond donors (Lipinski definition) is 1. The number of rotatable bonds is 3. The highest BCUT2D eigenvalue weighted by molar-refractivity contribution is 6.05. The van der Waals surface area contributed by atoms with Crippen molar-refractivity contribution in [1.29, 1.82) is 0 Å². The number of aryl methyl sites for hydroxylation is 3. The molecule has 1 N–H and O–H groups in total. The molecule has 24 heavy (non-hydrogen) atoms. The lowest BCUT2D eigenvalue weighted by Crippen LogP contribution is -2.13. The van der Waals surface area contributed by atoms with Gasteiger partial charge >= 0.3 is 0 Å². The van der Waals surface area contributed by atoms with Crippen LogP contribution in [0, 0.1) is 27.7 Å². The molecule has 1 amide bonds. The summed E-state index contributed by atoms with van der Waals surface area (Å²) >= 11 is 0. The van der Waals surface area contributed by atoms with Gasteiger partial charge in [0, 0.05) is 5.69 Å². The summed E-state index contributed by atoms with van der Waals surface area (Å²) in [5, 5.41) is 7.33. The van der Waals surface area contributed by atoms with Gasteiger partial charge in [0.15, 0.2) is 0 Å². The lowest BCUT2D eigenvalue weighted by Gasteiger charge is -2.08. The number of benzene rings is 2. The monoisotopic (exact) mass is 319 g/mol. The van der Waals surface area contributed by atoms with Crippen LogP contribution in [0.3, 0.4) is 0 Å². The second kappa shape index (κ2) is 6.32. The molecule has 0 fully saturated rings. The molecule has 0 saturated heterocycles. The van der Waals surface area contributed by atoms with E-state index in [9.17, 15) is 4.79 Å². The van der Waals surface area contributed by atoms with Gasteiger partial charge < -0.3 is 5.32 Å². The van der Waals surface area contributed by atoms with Crippen molar-refractivity contribution >= 4 is 11.6 Å². The van der Waals surface area contributed by atoms with Crippen molar-refractivity contribution in [2.45, 2.75) is 27.7 Å². The maximum absolute atomic E-state index is 12.6. The Labute approximate surface area is 142 Å². The summed E-state index contributed by atoms with van der Waals surface area (Å²) in [6.45, 7) is 8.03. The van der Waals surface area contributed by atoms with Crippen LogP contribution in [0.4, 0.5) is 5.69 Å². The molecule has 0 spiro atoms. The zero-order chi connectivity index (χ0) is 17.3. The van der Waals surface area contributed by atoms with Crippen LogP contribution in [-0.2, 0) is 0 Å². The average molecular weight is 319 g/mol. The van der Waals surface area contributed by atoms with Gasteiger partial charge in [0.25, 0.3) is 5.91 Å². The lowest BCUT2D eigenvalue weighted by atomic mass is 10.1. The van der Waals surface area contributed by atoms with Crippen LogP contribution in [0.15, 0.2) is 48.7 Å². The van der Waals surface area contributed by atoms with E-state index in [1.807, 2.05) is 63.2 Å². The third-order valence-electron chi connectivity index (χ3n) is 4.27. The molecule has 3 aromatic rings. The first-order valence-electron chi connectivity index (χ1n) is 7.96. The van der Waals surface area contributed by atoms with E-state index in [-0.39, 0.29) is 5.91 Å². The molecule has 122 valence electrons. The fraction of sp³-hybridized carbons (Fsp3) is 0.200. The molecule has 4 heteroatoms. The van der Waals surface area contributed by atoms with Crippen molar-refractivity contribution in [3.8, 4) is 5.69 Å². The van der Waals surface area contributed by atoms with Crippen LogP contribution in [-0.4, -0.2) is 15.7 Å². The molecule has 0 aliphatic carbocycles. The Morgan fingerprint density at radius 1 is 1.00 bits per heavy atom. The quantitative estimate of drug-likeness (QED) is 0.780. The summed E-state index contributed by atoms with van der Waals surface area (Å²) in [4.78, 5) is 12.6. The topological polar surface area (TPSA) is 46.9 Å². The van der Waals surface area contributed by atoms with Crippen molar-refractivity contribution < 1.29 is 4.79 Å². The Hall–Kier alpha value is -2.88. The van der Waals surface area contributed by atoms with Crippen LogP contribution in [0.25, 0.3) is 5.69 Å². The Balaban J connectivity index is 1.87. The minimum absolute atomic E-state index is 0.144. The number of amides is 1. The zero-order valence-corrected chi connectivity index (χ0v) is 14.4. The number of anilines is 1. The Bertz CT molecular complexity index is 909. The summed E-state index contributed by atoms with van der Waals surface area (Å²) in [6, 6.07) is 14.0. The largest absolute Gasteiger partial charge is 0.322 e. The van der Waals surface area contributed by atoms with Crippen LogP contribution in [0.5, 0.6) is 0 Å². The Morgan fingerprint density at radius 3 is 2.50 bits per heavy atom. The van der Waals surface area contributed by atoms with Gasteiger partial charge in [-0.3, -0.25) is 4.79 Å². The number of nitrogens with one attached hydrogen (secondary N) is 1. The molecule has 0 unspecified atom stereocenters. The molecule has 0 aliphatic rings. The average Bonchev–Trinajstić information content (AvgIpc) is 2.93. The molecule has 2 aromatic carbocycles. The molecule has 4 nitrogen and oxygen atoms in total. The fourth-order valence-corrected chi connectivity index (χ4v) is 2.67. The first-order valence-corrected chi connectivity index (χ1v) is 7.96. The minimum atomic E-state index is -0.144. The van der Waals surface area contributed by atoms with Crippen molar-refractivity contribution in [3.63, 3.8) is 0 Å². The van der Waals surface area contributed by atoms with Crippen LogP contribution in [0.1, 0.15) is 32.7 Å². The van der Waals surface area contributed by atoms with Gasteiger partial charge in [-0.2, -0.15) is 5.10 Å². The number of carbonyl (C=O) groups is 1. The van der Waals surface area contributed by atoms with Crippen molar-refractivity contribution in [2.75, 3.05) is 5.32 Å². The fourth-order valence-electron chi connectivity index (χ4n) is 2.67. The lowest BCUT2D eigenvalue weighted by molar-refractivity contribution is 0.102. The SMILES string of the molecule is Cc1cccc(-n2ncc(C(=O)Nc3ccc(C)c(C)c3)c2C)c1. The van der Waals surface area contributed by atoms with E-state index in [1.165, 1.54) is 5.56 Å². The molecule has 0 radical (unpaired) electrons. The summed E-state index contributed by atoms with van der Waals surface area (Å²) in [5.41, 5.74) is 6.67. The predicted molar refractivity (Wildman–Crippen MR) is 96.9 cm³/mol. The smallest absolute Gasteiger partial charge is 0.259 e. The molecular formula is C20H21N3O. The Kier molecular flexibility index (Phi) is 4.21. The highest BCUT2D eigenvalue weighted by atomic mass is 16.1. The highest BCUT2D eigenvalue weighted by Crippen LogP contribution is 2.18. The summed E-state index contributed by atoms with van der Waals surface area (Å²) in [6.07, 6.45) is 1.62. The number of aromatic nitrogens is 2. The predicted octanol–water partition coefficient (Wildman–Crippen LogP) is 4.36. The maximum atomic E-state index is 12.6. The summed E-state index contributed by atoms with van der Waals surface area (Å²) in [7, 11) is 0. The van der Waals surface area contributed by atoms with Gasteiger partial charge in [-0.25, -0.2) is 4.68 Å². The number of hydrogen-bond acceptors (Lipinski definition) is 2. The van der Waals surface area contributed by atoms with E-state index in [2.05, 4.69) is 17.3 Å². The van der Waals surface area contributed by atoms with Gasteiger partial charge in [0.1, 0.15) is 0 Å². The van der Waals surface area contributed by atoms with Crippen LogP contribution in [0.2, 0.25) is 0 Å². The van der Waals surface area contributed by atoms with Gasteiger partial charge in [0.2, 0.25) is 0 Å².